The molecule has 20 heavy (non-hydrogen) atoms. The van der Waals surface area contributed by atoms with Gasteiger partial charge in [0.25, 0.3) is 11.8 Å². The summed E-state index contributed by atoms with van der Waals surface area (Å²) in [5.41, 5.74) is 6.70. The minimum atomic E-state index is -0.447. The lowest BCUT2D eigenvalue weighted by Crippen LogP contribution is -2.44. The molecule has 2 aromatic rings. The van der Waals surface area contributed by atoms with Gasteiger partial charge in [-0.1, -0.05) is 5.16 Å². The SMILES string of the molecule is CNC(=O)c1ccc(-c2nc(C3(N)CCC3)no2)cn1. The van der Waals surface area contributed by atoms with Crippen LogP contribution in [0.3, 0.4) is 0 Å². The van der Waals surface area contributed by atoms with Gasteiger partial charge in [0.15, 0.2) is 5.82 Å². The van der Waals surface area contributed by atoms with E-state index in [9.17, 15) is 4.79 Å². The quantitative estimate of drug-likeness (QED) is 0.857. The Morgan fingerprint density at radius 2 is 2.25 bits per heavy atom. The summed E-state index contributed by atoms with van der Waals surface area (Å²) < 4.78 is 5.22. The second-order valence-electron chi connectivity index (χ2n) is 4.94. The Labute approximate surface area is 115 Å². The summed E-state index contributed by atoms with van der Waals surface area (Å²) in [6.45, 7) is 0. The van der Waals surface area contributed by atoms with Crippen LogP contribution in [0.4, 0.5) is 0 Å². The van der Waals surface area contributed by atoms with Crippen LogP contribution in [-0.4, -0.2) is 28.1 Å². The van der Waals surface area contributed by atoms with E-state index >= 15 is 0 Å². The van der Waals surface area contributed by atoms with Crippen LogP contribution >= 0.6 is 0 Å². The van der Waals surface area contributed by atoms with Crippen LogP contribution in [0.25, 0.3) is 11.5 Å². The maximum absolute atomic E-state index is 11.4. The first-order chi connectivity index (χ1) is 9.62. The van der Waals surface area contributed by atoms with E-state index in [1.165, 1.54) is 6.20 Å². The average molecular weight is 273 g/mol. The van der Waals surface area contributed by atoms with Crippen molar-refractivity contribution in [1.82, 2.24) is 20.4 Å². The Morgan fingerprint density at radius 3 is 2.80 bits per heavy atom. The van der Waals surface area contributed by atoms with Gasteiger partial charge in [0.2, 0.25) is 0 Å². The lowest BCUT2D eigenvalue weighted by atomic mass is 9.77. The highest BCUT2D eigenvalue weighted by atomic mass is 16.5. The molecule has 0 aromatic carbocycles. The molecule has 0 radical (unpaired) electrons. The van der Waals surface area contributed by atoms with Crippen molar-refractivity contribution < 1.29 is 9.32 Å². The van der Waals surface area contributed by atoms with Crippen molar-refractivity contribution in [3.8, 4) is 11.5 Å². The Kier molecular flexibility index (Phi) is 2.98. The number of carbonyl (C=O) groups is 1. The number of rotatable bonds is 3. The highest BCUT2D eigenvalue weighted by Crippen LogP contribution is 2.37. The highest BCUT2D eigenvalue weighted by Gasteiger charge is 2.39. The number of carbonyl (C=O) groups excluding carboxylic acids is 1. The lowest BCUT2D eigenvalue weighted by molar-refractivity contribution is 0.0958. The summed E-state index contributed by atoms with van der Waals surface area (Å²) in [7, 11) is 1.56. The molecule has 7 heteroatoms. The zero-order valence-corrected chi connectivity index (χ0v) is 11.1. The highest BCUT2D eigenvalue weighted by molar-refractivity contribution is 5.92. The molecule has 1 amide bonds. The molecule has 2 heterocycles. The molecule has 1 fully saturated rings. The molecule has 7 nitrogen and oxygen atoms in total. The Bertz CT molecular complexity index is 630. The molecule has 1 aliphatic carbocycles. The van der Waals surface area contributed by atoms with Crippen LogP contribution in [0.5, 0.6) is 0 Å². The van der Waals surface area contributed by atoms with Gasteiger partial charge in [0.05, 0.1) is 11.1 Å². The maximum atomic E-state index is 11.4. The fourth-order valence-electron chi connectivity index (χ4n) is 2.11. The monoisotopic (exact) mass is 273 g/mol. The molecular formula is C13H15N5O2. The fourth-order valence-corrected chi connectivity index (χ4v) is 2.11. The van der Waals surface area contributed by atoms with Crippen molar-refractivity contribution in [2.75, 3.05) is 7.05 Å². The van der Waals surface area contributed by atoms with Crippen molar-refractivity contribution in [1.29, 1.82) is 0 Å². The average Bonchev–Trinajstić information content (AvgIpc) is 2.94. The number of pyridine rings is 1. The van der Waals surface area contributed by atoms with Crippen molar-refractivity contribution in [2.24, 2.45) is 5.73 Å². The first-order valence-corrected chi connectivity index (χ1v) is 6.44. The number of hydrogen-bond acceptors (Lipinski definition) is 6. The summed E-state index contributed by atoms with van der Waals surface area (Å²) in [5.74, 6) is 0.667. The van der Waals surface area contributed by atoms with Crippen LogP contribution in [0.1, 0.15) is 35.6 Å². The topological polar surface area (TPSA) is 107 Å². The van der Waals surface area contributed by atoms with Crippen molar-refractivity contribution >= 4 is 5.91 Å². The molecular weight excluding hydrogens is 258 g/mol. The van der Waals surface area contributed by atoms with E-state index in [0.29, 0.717) is 23.0 Å². The molecule has 3 rings (SSSR count). The van der Waals surface area contributed by atoms with Crippen molar-refractivity contribution in [3.63, 3.8) is 0 Å². The molecule has 0 bridgehead atoms. The second-order valence-corrected chi connectivity index (χ2v) is 4.94. The van der Waals surface area contributed by atoms with Gasteiger partial charge in [-0.25, -0.2) is 0 Å². The van der Waals surface area contributed by atoms with Gasteiger partial charge >= 0.3 is 0 Å². The van der Waals surface area contributed by atoms with E-state index in [1.807, 2.05) is 0 Å². The number of nitrogens with zero attached hydrogens (tertiary/aromatic N) is 3. The summed E-state index contributed by atoms with van der Waals surface area (Å²) >= 11 is 0. The number of amides is 1. The number of aromatic nitrogens is 3. The molecule has 0 unspecified atom stereocenters. The molecule has 2 aromatic heterocycles. The summed E-state index contributed by atoms with van der Waals surface area (Å²) in [6, 6.07) is 3.33. The number of hydrogen-bond donors (Lipinski definition) is 2. The summed E-state index contributed by atoms with van der Waals surface area (Å²) in [4.78, 5) is 19.8. The van der Waals surface area contributed by atoms with E-state index in [4.69, 9.17) is 10.3 Å². The largest absolute Gasteiger partial charge is 0.354 e. The molecule has 0 aliphatic heterocycles. The maximum Gasteiger partial charge on any atom is 0.269 e. The Balaban J connectivity index is 1.84. The van der Waals surface area contributed by atoms with Crippen LogP contribution in [0.2, 0.25) is 0 Å². The lowest BCUT2D eigenvalue weighted by Gasteiger charge is -2.34. The molecule has 1 aliphatic rings. The summed E-state index contributed by atoms with van der Waals surface area (Å²) in [5, 5.41) is 6.45. The third-order valence-electron chi connectivity index (χ3n) is 3.59. The van der Waals surface area contributed by atoms with Crippen molar-refractivity contribution in [3.05, 3.63) is 29.8 Å². The van der Waals surface area contributed by atoms with Crippen LogP contribution in [0, 0.1) is 0 Å². The molecule has 1 saturated carbocycles. The van der Waals surface area contributed by atoms with Gasteiger partial charge in [0, 0.05) is 13.2 Å². The second kappa shape index (κ2) is 4.68. The summed E-state index contributed by atoms with van der Waals surface area (Å²) in [6.07, 6.45) is 4.37. The Morgan fingerprint density at radius 1 is 1.45 bits per heavy atom. The first-order valence-electron chi connectivity index (χ1n) is 6.44. The molecule has 0 atom stereocenters. The molecule has 104 valence electrons. The zero-order chi connectivity index (χ0) is 14.2. The van der Waals surface area contributed by atoms with Gasteiger partial charge in [-0.05, 0) is 31.4 Å². The van der Waals surface area contributed by atoms with E-state index in [2.05, 4.69) is 20.4 Å². The standard InChI is InChI=1S/C13H15N5O2/c1-15-10(19)9-4-3-8(7-16-9)11-17-12(18-20-11)13(14)5-2-6-13/h3-4,7H,2,5-6,14H2,1H3,(H,15,19). The fraction of sp³-hybridized carbons (Fsp3) is 0.385. The normalized spacial score (nSPS) is 16.5. The number of nitrogens with two attached hydrogens (primary N) is 1. The smallest absolute Gasteiger partial charge is 0.269 e. The predicted molar refractivity (Wildman–Crippen MR) is 70.6 cm³/mol. The third-order valence-corrected chi connectivity index (χ3v) is 3.59. The zero-order valence-electron chi connectivity index (χ0n) is 11.1. The first kappa shape index (κ1) is 12.7. The minimum Gasteiger partial charge on any atom is -0.354 e. The van der Waals surface area contributed by atoms with Crippen molar-refractivity contribution in [2.45, 2.75) is 24.8 Å². The van der Waals surface area contributed by atoms with Gasteiger partial charge in [-0.3, -0.25) is 9.78 Å². The molecule has 0 spiro atoms. The van der Waals surface area contributed by atoms with Gasteiger partial charge in [-0.2, -0.15) is 4.98 Å². The van der Waals surface area contributed by atoms with E-state index in [0.717, 1.165) is 19.3 Å². The predicted octanol–water partition coefficient (Wildman–Crippen LogP) is 0.829. The van der Waals surface area contributed by atoms with E-state index in [1.54, 1.807) is 19.2 Å². The third kappa shape index (κ3) is 2.05. The Hall–Kier alpha value is -2.28. The number of nitrogens with one attached hydrogen (secondary N) is 1. The van der Waals surface area contributed by atoms with Gasteiger partial charge in [-0.15, -0.1) is 0 Å². The van der Waals surface area contributed by atoms with Crippen LogP contribution < -0.4 is 11.1 Å². The van der Waals surface area contributed by atoms with E-state index < -0.39 is 5.54 Å². The van der Waals surface area contributed by atoms with Gasteiger partial charge < -0.3 is 15.6 Å². The van der Waals surface area contributed by atoms with Gasteiger partial charge in [0.1, 0.15) is 5.69 Å². The molecule has 3 N–H and O–H groups in total. The van der Waals surface area contributed by atoms with Crippen LogP contribution in [0.15, 0.2) is 22.9 Å². The minimum absolute atomic E-state index is 0.238. The van der Waals surface area contributed by atoms with E-state index in [-0.39, 0.29) is 5.91 Å². The van der Waals surface area contributed by atoms with Crippen LogP contribution in [-0.2, 0) is 5.54 Å². The molecule has 0 saturated heterocycles.